The first-order valence-electron chi connectivity index (χ1n) is 8.73. The highest BCUT2D eigenvalue weighted by atomic mass is 19.3. The molecule has 1 aliphatic heterocycles. The maximum Gasteiger partial charge on any atom is 0.242 e. The molecule has 1 saturated heterocycles. The van der Waals surface area contributed by atoms with Gasteiger partial charge in [0.25, 0.3) is 0 Å². The number of aliphatic hydroxyl groups excluding tert-OH is 1. The van der Waals surface area contributed by atoms with Crippen LogP contribution in [0.25, 0.3) is 16.9 Å². The van der Waals surface area contributed by atoms with Gasteiger partial charge in [-0.15, -0.1) is 5.10 Å². The number of hydrogen-bond donors (Lipinski definition) is 2. The van der Waals surface area contributed by atoms with E-state index in [2.05, 4.69) is 15.1 Å². The second-order valence-electron chi connectivity index (χ2n) is 6.31. The molecule has 1 unspecified atom stereocenters. The molecule has 150 valence electrons. The van der Waals surface area contributed by atoms with Gasteiger partial charge in [-0.3, -0.25) is 4.98 Å². The van der Waals surface area contributed by atoms with E-state index in [0.717, 1.165) is 25.5 Å². The Morgan fingerprint density at radius 1 is 1.29 bits per heavy atom. The first-order valence-corrected chi connectivity index (χ1v) is 8.73. The average molecular weight is 395 g/mol. The number of nitrogens with two attached hydrogens (primary N) is 1. The summed E-state index contributed by atoms with van der Waals surface area (Å²) < 4.78 is 45.0. The number of nitrogen functional groups attached to an aromatic ring is 1. The number of anilines is 1. The van der Waals surface area contributed by atoms with Gasteiger partial charge in [-0.25, -0.2) is 22.7 Å². The van der Waals surface area contributed by atoms with Crippen molar-refractivity contribution in [3.05, 3.63) is 42.0 Å². The number of pyridine rings is 1. The van der Waals surface area contributed by atoms with Gasteiger partial charge in [0, 0.05) is 19.2 Å². The van der Waals surface area contributed by atoms with Crippen molar-refractivity contribution >= 4 is 11.5 Å². The monoisotopic (exact) mass is 395 g/mol. The highest BCUT2D eigenvalue weighted by molar-refractivity contribution is 5.64. The third kappa shape index (κ3) is 4.96. The van der Waals surface area contributed by atoms with E-state index in [1.165, 1.54) is 16.9 Å². The number of nitrogens with zero attached hydrogens (tertiary/aromatic N) is 4. The summed E-state index contributed by atoms with van der Waals surface area (Å²) in [5, 5.41) is 12.8. The number of aromatic nitrogens is 4. The Labute approximate surface area is 159 Å². The summed E-state index contributed by atoms with van der Waals surface area (Å²) in [5.74, 6) is -0.653. The Bertz CT molecular complexity index is 929. The lowest BCUT2D eigenvalue weighted by Gasteiger charge is -2.15. The van der Waals surface area contributed by atoms with Crippen LogP contribution in [0.2, 0.25) is 0 Å². The first-order chi connectivity index (χ1) is 13.4. The Morgan fingerprint density at radius 3 is 2.71 bits per heavy atom. The van der Waals surface area contributed by atoms with Gasteiger partial charge in [0.05, 0.1) is 30.1 Å². The molecule has 0 saturated carbocycles. The predicted molar refractivity (Wildman–Crippen MR) is 96.4 cm³/mol. The Balaban J connectivity index is 0.000000271. The highest BCUT2D eigenvalue weighted by Crippen LogP contribution is 2.23. The van der Waals surface area contributed by atoms with Gasteiger partial charge < -0.3 is 15.6 Å². The molecule has 0 aromatic carbocycles. The summed E-state index contributed by atoms with van der Waals surface area (Å²) in [6, 6.07) is 4.35. The van der Waals surface area contributed by atoms with E-state index in [-0.39, 0.29) is 23.3 Å². The normalized spacial score (nSPS) is 16.8. The highest BCUT2D eigenvalue weighted by Gasteiger charge is 2.15. The summed E-state index contributed by atoms with van der Waals surface area (Å²) in [4.78, 5) is 7.76. The summed E-state index contributed by atoms with van der Waals surface area (Å²) in [6.07, 6.45) is 1.39. The molecule has 10 heteroatoms. The van der Waals surface area contributed by atoms with Crippen LogP contribution in [0.4, 0.5) is 19.1 Å². The number of alkyl halides is 2. The SMILES string of the molecule is Nc1ncc2ccc(-c3ncc(CC(F)F)cc3F)n2n1.OC1CCCOC1. The second-order valence-corrected chi connectivity index (χ2v) is 6.31. The second kappa shape index (κ2) is 8.98. The van der Waals surface area contributed by atoms with Crippen LogP contribution in [0.15, 0.2) is 30.6 Å². The summed E-state index contributed by atoms with van der Waals surface area (Å²) in [6.45, 7) is 1.37. The zero-order valence-corrected chi connectivity index (χ0v) is 14.9. The van der Waals surface area contributed by atoms with Crippen molar-refractivity contribution in [3.8, 4) is 11.4 Å². The Hall–Kier alpha value is -2.72. The molecule has 0 aliphatic carbocycles. The van der Waals surface area contributed by atoms with Crippen LogP contribution in [-0.2, 0) is 11.2 Å². The molecule has 1 atom stereocenters. The zero-order chi connectivity index (χ0) is 20.1. The van der Waals surface area contributed by atoms with E-state index >= 15 is 0 Å². The molecule has 0 spiro atoms. The maximum atomic E-state index is 14.1. The molecule has 4 rings (SSSR count). The van der Waals surface area contributed by atoms with Crippen LogP contribution in [-0.4, -0.2) is 50.4 Å². The quantitative estimate of drug-likeness (QED) is 0.707. The van der Waals surface area contributed by atoms with E-state index in [9.17, 15) is 13.2 Å². The molecule has 0 amide bonds. The van der Waals surface area contributed by atoms with E-state index in [1.54, 1.807) is 12.1 Å². The first kappa shape index (κ1) is 20.0. The summed E-state index contributed by atoms with van der Waals surface area (Å²) >= 11 is 0. The van der Waals surface area contributed by atoms with E-state index in [1.807, 2.05) is 0 Å². The minimum Gasteiger partial charge on any atom is -0.391 e. The fourth-order valence-corrected chi connectivity index (χ4v) is 2.77. The lowest BCUT2D eigenvalue weighted by atomic mass is 10.1. The third-order valence-corrected chi connectivity index (χ3v) is 4.08. The van der Waals surface area contributed by atoms with Gasteiger partial charge in [-0.05, 0) is 36.6 Å². The lowest BCUT2D eigenvalue weighted by molar-refractivity contribution is -0.00535. The van der Waals surface area contributed by atoms with Crippen molar-refractivity contribution < 1.29 is 23.0 Å². The third-order valence-electron chi connectivity index (χ3n) is 4.08. The van der Waals surface area contributed by atoms with Crippen LogP contribution in [0.1, 0.15) is 18.4 Å². The molecule has 3 aromatic rings. The van der Waals surface area contributed by atoms with Crippen molar-refractivity contribution in [2.75, 3.05) is 18.9 Å². The fourth-order valence-electron chi connectivity index (χ4n) is 2.77. The van der Waals surface area contributed by atoms with Crippen LogP contribution in [0.3, 0.4) is 0 Å². The molecule has 1 fully saturated rings. The smallest absolute Gasteiger partial charge is 0.242 e. The topological polar surface area (TPSA) is 98.6 Å². The maximum absolute atomic E-state index is 14.1. The summed E-state index contributed by atoms with van der Waals surface area (Å²) in [7, 11) is 0. The van der Waals surface area contributed by atoms with Crippen molar-refractivity contribution in [2.24, 2.45) is 0 Å². The standard InChI is InChI=1S/C13H10F3N5.C5H10O2/c14-9-3-7(4-11(15)16)5-18-12(9)10-2-1-8-6-19-13(17)20-21(8)10;6-5-2-1-3-7-4-5/h1-3,5-6,11H,4H2,(H2,17,20);5-6H,1-4H2. The number of fused-ring (bicyclic) bond motifs is 1. The number of ether oxygens (including phenoxy) is 1. The predicted octanol–water partition coefficient (Wildman–Crippen LogP) is 2.48. The number of rotatable bonds is 3. The van der Waals surface area contributed by atoms with Crippen LogP contribution in [0, 0.1) is 5.82 Å². The van der Waals surface area contributed by atoms with Gasteiger partial charge >= 0.3 is 0 Å². The molecule has 28 heavy (non-hydrogen) atoms. The largest absolute Gasteiger partial charge is 0.391 e. The lowest BCUT2D eigenvalue weighted by Crippen LogP contribution is -2.21. The van der Waals surface area contributed by atoms with Gasteiger partial charge in [-0.2, -0.15) is 0 Å². The van der Waals surface area contributed by atoms with Gasteiger partial charge in [0.15, 0.2) is 5.82 Å². The van der Waals surface area contributed by atoms with E-state index < -0.39 is 18.7 Å². The zero-order valence-electron chi connectivity index (χ0n) is 14.9. The molecule has 3 aromatic heterocycles. The molecule has 7 nitrogen and oxygen atoms in total. The Morgan fingerprint density at radius 2 is 2.11 bits per heavy atom. The van der Waals surface area contributed by atoms with Gasteiger partial charge in [0.2, 0.25) is 12.4 Å². The fraction of sp³-hybridized carbons (Fsp3) is 0.389. The van der Waals surface area contributed by atoms with Crippen molar-refractivity contribution in [3.63, 3.8) is 0 Å². The Kier molecular flexibility index (Phi) is 6.42. The van der Waals surface area contributed by atoms with E-state index in [4.69, 9.17) is 15.6 Å². The number of halogens is 3. The number of aliphatic hydroxyl groups is 1. The summed E-state index contributed by atoms with van der Waals surface area (Å²) in [5.41, 5.74) is 6.66. The number of hydrogen-bond acceptors (Lipinski definition) is 6. The molecular weight excluding hydrogens is 375 g/mol. The van der Waals surface area contributed by atoms with E-state index in [0.29, 0.717) is 17.8 Å². The van der Waals surface area contributed by atoms with Crippen LogP contribution < -0.4 is 5.73 Å². The van der Waals surface area contributed by atoms with Crippen molar-refractivity contribution in [1.82, 2.24) is 19.6 Å². The molecule has 0 bridgehead atoms. The van der Waals surface area contributed by atoms with Crippen LogP contribution in [0.5, 0.6) is 0 Å². The molecule has 4 heterocycles. The average Bonchev–Trinajstić information content (AvgIpc) is 3.05. The molecule has 3 N–H and O–H groups in total. The van der Waals surface area contributed by atoms with Crippen LogP contribution >= 0.6 is 0 Å². The molecule has 0 radical (unpaired) electrons. The minimum atomic E-state index is -2.54. The van der Waals surface area contributed by atoms with Gasteiger partial charge in [0.1, 0.15) is 5.69 Å². The molecule has 1 aliphatic rings. The van der Waals surface area contributed by atoms with Gasteiger partial charge in [-0.1, -0.05) is 0 Å². The molecular formula is C18H20F3N5O2. The van der Waals surface area contributed by atoms with Crippen molar-refractivity contribution in [2.45, 2.75) is 31.8 Å². The minimum absolute atomic E-state index is 0.0196. The van der Waals surface area contributed by atoms with Crippen molar-refractivity contribution in [1.29, 1.82) is 0 Å².